The van der Waals surface area contributed by atoms with E-state index < -0.39 is 13.1 Å². The third kappa shape index (κ3) is 2.68. The summed E-state index contributed by atoms with van der Waals surface area (Å²) < 4.78 is 14.3. The van der Waals surface area contributed by atoms with Crippen LogP contribution in [0.25, 0.3) is 0 Å². The van der Waals surface area contributed by atoms with Crippen molar-refractivity contribution in [3.63, 3.8) is 0 Å². The summed E-state index contributed by atoms with van der Waals surface area (Å²) in [6.07, 6.45) is 0. The third-order valence-corrected chi connectivity index (χ3v) is 7.30. The minimum atomic E-state index is -3.29. The van der Waals surface area contributed by atoms with Crippen LogP contribution in [-0.2, 0) is 4.57 Å². The number of hydrogen-bond donors (Lipinski definition) is 1. The van der Waals surface area contributed by atoms with Crippen molar-refractivity contribution in [2.24, 2.45) is 0 Å². The molecule has 0 unspecified atom stereocenters. The van der Waals surface area contributed by atoms with Crippen molar-refractivity contribution in [1.82, 2.24) is 0 Å². The van der Waals surface area contributed by atoms with E-state index in [0.717, 1.165) is 0 Å². The van der Waals surface area contributed by atoms with Gasteiger partial charge in [0.25, 0.3) is 0 Å². The molecule has 0 fully saturated rings. The molecule has 0 saturated carbocycles. The lowest BCUT2D eigenvalue weighted by Gasteiger charge is -2.23. The molecule has 4 heteroatoms. The number of rotatable bonds is 4. The molecule has 3 aromatic carbocycles. The number of hydrogen-bond acceptors (Lipinski definition) is 2. The minimum absolute atomic E-state index is 0.0889. The average molecular weight is 336 g/mol. The molecule has 0 radical (unpaired) electrons. The maximum absolute atomic E-state index is 14.3. The van der Waals surface area contributed by atoms with Gasteiger partial charge in [-0.15, -0.1) is 0 Å². The van der Waals surface area contributed by atoms with Crippen molar-refractivity contribution in [2.75, 3.05) is 0 Å². The normalized spacial score (nSPS) is 11.2. The lowest BCUT2D eigenvalue weighted by atomic mass is 10.1. The predicted octanol–water partition coefficient (Wildman–Crippen LogP) is 3.33. The van der Waals surface area contributed by atoms with E-state index in [0.29, 0.717) is 21.5 Å². The first kappa shape index (κ1) is 16.2. The van der Waals surface area contributed by atoms with Crippen LogP contribution >= 0.6 is 7.14 Å². The molecule has 0 aliphatic carbocycles. The van der Waals surface area contributed by atoms with Crippen molar-refractivity contribution in [2.45, 2.75) is 6.92 Å². The fraction of sp³-hybridized carbons (Fsp3) is 0.0500. The summed E-state index contributed by atoms with van der Waals surface area (Å²) in [5, 5.41) is 11.3. The highest BCUT2D eigenvalue weighted by Gasteiger charge is 2.34. The molecule has 3 aromatic rings. The number of aromatic carboxylic acids is 1. The van der Waals surface area contributed by atoms with Crippen LogP contribution in [0.15, 0.2) is 78.9 Å². The largest absolute Gasteiger partial charge is 0.478 e. The van der Waals surface area contributed by atoms with E-state index in [1.165, 1.54) is 6.07 Å². The van der Waals surface area contributed by atoms with E-state index in [1.807, 2.05) is 36.4 Å². The fourth-order valence-corrected chi connectivity index (χ4v) is 6.01. The second-order valence-corrected chi connectivity index (χ2v) is 8.26. The van der Waals surface area contributed by atoms with Gasteiger partial charge in [-0.1, -0.05) is 72.8 Å². The number of carbonyl (C=O) groups is 1. The fourth-order valence-electron chi connectivity index (χ4n) is 2.93. The second-order valence-electron chi connectivity index (χ2n) is 5.56. The lowest BCUT2D eigenvalue weighted by molar-refractivity contribution is 0.0698. The van der Waals surface area contributed by atoms with Crippen LogP contribution in [0.2, 0.25) is 0 Å². The van der Waals surface area contributed by atoms with Gasteiger partial charge >= 0.3 is 5.97 Å². The van der Waals surface area contributed by atoms with Gasteiger partial charge in [0.2, 0.25) is 0 Å². The molecule has 0 heterocycles. The van der Waals surface area contributed by atoms with Gasteiger partial charge < -0.3 is 9.67 Å². The van der Waals surface area contributed by atoms with Gasteiger partial charge in [0.1, 0.15) is 0 Å². The molecule has 0 atom stereocenters. The van der Waals surface area contributed by atoms with E-state index >= 15 is 0 Å². The summed E-state index contributed by atoms with van der Waals surface area (Å²) in [5.41, 5.74) is 0.803. The summed E-state index contributed by atoms with van der Waals surface area (Å²) in [6.45, 7) is 1.81. The van der Waals surface area contributed by atoms with Crippen molar-refractivity contribution in [3.8, 4) is 0 Å². The zero-order valence-corrected chi connectivity index (χ0v) is 14.1. The molecule has 0 amide bonds. The van der Waals surface area contributed by atoms with E-state index in [4.69, 9.17) is 0 Å². The second kappa shape index (κ2) is 6.46. The van der Waals surface area contributed by atoms with Gasteiger partial charge in [-0.3, -0.25) is 0 Å². The Kier molecular flexibility index (Phi) is 4.37. The Morgan fingerprint density at radius 3 is 1.75 bits per heavy atom. The molecular weight excluding hydrogens is 319 g/mol. The standard InChI is InChI=1S/C20H17O3P/c1-15-9-8-14-18(20(21)22)19(15)24(23,16-10-4-2-5-11-16)17-12-6-3-7-13-17/h2-14H,1H3,(H,21,22). The maximum Gasteiger partial charge on any atom is 0.336 e. The summed E-state index contributed by atoms with van der Waals surface area (Å²) >= 11 is 0. The molecule has 24 heavy (non-hydrogen) atoms. The number of carboxylic acids is 1. The molecule has 0 aliphatic rings. The van der Waals surface area contributed by atoms with E-state index in [9.17, 15) is 14.5 Å². The molecule has 0 bridgehead atoms. The molecule has 0 spiro atoms. The Morgan fingerprint density at radius 2 is 1.29 bits per heavy atom. The van der Waals surface area contributed by atoms with Crippen molar-refractivity contribution < 1.29 is 14.5 Å². The van der Waals surface area contributed by atoms with Crippen LogP contribution in [0.1, 0.15) is 15.9 Å². The Morgan fingerprint density at radius 1 is 0.792 bits per heavy atom. The molecule has 0 aliphatic heterocycles. The van der Waals surface area contributed by atoms with Gasteiger partial charge in [-0.25, -0.2) is 4.79 Å². The quantitative estimate of drug-likeness (QED) is 0.744. The lowest BCUT2D eigenvalue weighted by Crippen LogP contribution is -2.30. The van der Waals surface area contributed by atoms with Gasteiger partial charge in [0, 0.05) is 15.9 Å². The Bertz CT molecular complexity index is 875. The van der Waals surface area contributed by atoms with Crippen LogP contribution in [0.4, 0.5) is 0 Å². The summed E-state index contributed by atoms with van der Waals surface area (Å²) in [5.74, 6) is -1.07. The highest BCUT2D eigenvalue weighted by atomic mass is 31.2. The minimum Gasteiger partial charge on any atom is -0.478 e. The van der Waals surface area contributed by atoms with E-state index in [-0.39, 0.29) is 5.56 Å². The Hall–Kier alpha value is -2.64. The highest BCUT2D eigenvalue weighted by molar-refractivity contribution is 7.85. The number of benzene rings is 3. The van der Waals surface area contributed by atoms with Crippen LogP contribution < -0.4 is 15.9 Å². The highest BCUT2D eigenvalue weighted by Crippen LogP contribution is 2.44. The summed E-state index contributed by atoms with van der Waals surface area (Å²) in [4.78, 5) is 11.8. The first-order chi connectivity index (χ1) is 11.5. The van der Waals surface area contributed by atoms with E-state index in [2.05, 4.69) is 0 Å². The zero-order chi connectivity index (χ0) is 17.2. The molecule has 120 valence electrons. The molecule has 0 saturated heterocycles. The topological polar surface area (TPSA) is 54.4 Å². The first-order valence-corrected chi connectivity index (χ1v) is 9.30. The molecule has 0 aromatic heterocycles. The maximum atomic E-state index is 14.3. The SMILES string of the molecule is Cc1cccc(C(=O)O)c1P(=O)(c1ccccc1)c1ccccc1. The van der Waals surface area contributed by atoms with Crippen molar-refractivity contribution in [3.05, 3.63) is 90.0 Å². The van der Waals surface area contributed by atoms with Crippen LogP contribution in [0.5, 0.6) is 0 Å². The summed E-state index contributed by atoms with van der Waals surface area (Å²) in [6, 6.07) is 23.2. The van der Waals surface area contributed by atoms with Crippen LogP contribution in [0, 0.1) is 6.92 Å². The smallest absolute Gasteiger partial charge is 0.336 e. The van der Waals surface area contributed by atoms with Gasteiger partial charge in [0.05, 0.1) is 5.56 Å². The molecule has 1 N–H and O–H groups in total. The molecule has 3 nitrogen and oxygen atoms in total. The van der Waals surface area contributed by atoms with Gasteiger partial charge in [-0.05, 0) is 18.6 Å². The van der Waals surface area contributed by atoms with Crippen LogP contribution in [-0.4, -0.2) is 11.1 Å². The van der Waals surface area contributed by atoms with Crippen molar-refractivity contribution >= 4 is 29.0 Å². The average Bonchev–Trinajstić information content (AvgIpc) is 2.62. The van der Waals surface area contributed by atoms with Crippen LogP contribution in [0.3, 0.4) is 0 Å². The zero-order valence-electron chi connectivity index (χ0n) is 13.2. The van der Waals surface area contributed by atoms with Crippen molar-refractivity contribution in [1.29, 1.82) is 0 Å². The van der Waals surface area contributed by atoms with Gasteiger partial charge in [-0.2, -0.15) is 0 Å². The first-order valence-electron chi connectivity index (χ1n) is 7.60. The summed E-state index contributed by atoms with van der Waals surface area (Å²) in [7, 11) is -3.29. The third-order valence-electron chi connectivity index (χ3n) is 4.02. The predicted molar refractivity (Wildman–Crippen MR) is 97.5 cm³/mol. The Balaban J connectivity index is 2.42. The van der Waals surface area contributed by atoms with Gasteiger partial charge in [0.15, 0.2) is 7.14 Å². The number of aryl methyl sites for hydroxylation is 1. The molecular formula is C20H17O3P. The molecule has 3 rings (SSSR count). The Labute approximate surface area is 141 Å². The number of carboxylic acid groups (broad SMARTS) is 1. The monoisotopic (exact) mass is 336 g/mol. The van der Waals surface area contributed by atoms with E-state index in [1.54, 1.807) is 43.3 Å².